The monoisotopic (exact) mass is 989 g/mol. The first kappa shape index (κ1) is 68.4. The fourth-order valence-corrected chi connectivity index (χ4v) is 10.0. The molecule has 6 nitrogen and oxygen atoms in total. The smallest absolute Gasteiger partial charge is 0.306 e. The highest BCUT2D eigenvalue weighted by atomic mass is 16.6. The number of esters is 3. The van der Waals surface area contributed by atoms with E-state index in [2.05, 4.69) is 20.8 Å². The Kier molecular flexibility index (Phi) is 58.6. The summed E-state index contributed by atoms with van der Waals surface area (Å²) < 4.78 is 17.0. The third kappa shape index (κ3) is 57.3. The molecule has 0 saturated heterocycles. The molecule has 0 heterocycles. The largest absolute Gasteiger partial charge is 0.462 e. The average Bonchev–Trinajstić information content (AvgIpc) is 3.36. The van der Waals surface area contributed by atoms with Crippen LogP contribution in [0.1, 0.15) is 374 Å². The lowest BCUT2D eigenvalue weighted by Crippen LogP contribution is -2.30. The first-order valence-electron chi connectivity index (χ1n) is 32.0. The molecule has 0 aromatic rings. The fourth-order valence-electron chi connectivity index (χ4n) is 10.0. The predicted octanol–water partition coefficient (Wildman–Crippen LogP) is 21.5. The molecule has 0 saturated carbocycles. The van der Waals surface area contributed by atoms with E-state index in [4.69, 9.17) is 14.2 Å². The van der Waals surface area contributed by atoms with Crippen molar-refractivity contribution in [1.29, 1.82) is 0 Å². The number of rotatable bonds is 60. The van der Waals surface area contributed by atoms with Crippen molar-refractivity contribution in [2.24, 2.45) is 0 Å². The molecule has 0 amide bonds. The van der Waals surface area contributed by atoms with E-state index in [1.165, 1.54) is 276 Å². The van der Waals surface area contributed by atoms with E-state index in [9.17, 15) is 14.4 Å². The molecular weight excluding hydrogens is 865 g/mol. The quantitative estimate of drug-likeness (QED) is 0.0343. The van der Waals surface area contributed by atoms with E-state index in [0.717, 1.165) is 57.8 Å². The Hall–Kier alpha value is -1.59. The van der Waals surface area contributed by atoms with Gasteiger partial charge in [0.1, 0.15) is 13.2 Å². The summed E-state index contributed by atoms with van der Waals surface area (Å²) in [6, 6.07) is 0. The minimum atomic E-state index is -0.762. The van der Waals surface area contributed by atoms with Crippen molar-refractivity contribution in [3.8, 4) is 0 Å². The molecule has 0 aliphatic carbocycles. The maximum Gasteiger partial charge on any atom is 0.306 e. The van der Waals surface area contributed by atoms with E-state index in [1.807, 2.05) is 0 Å². The summed E-state index contributed by atoms with van der Waals surface area (Å²) in [5.74, 6) is -0.824. The summed E-state index contributed by atoms with van der Waals surface area (Å²) in [5.41, 5.74) is 0. The van der Waals surface area contributed by atoms with Gasteiger partial charge in [0, 0.05) is 19.3 Å². The number of carbonyl (C=O) groups is 3. The zero-order valence-electron chi connectivity index (χ0n) is 47.8. The molecule has 0 fully saturated rings. The van der Waals surface area contributed by atoms with Crippen molar-refractivity contribution in [2.45, 2.75) is 380 Å². The first-order chi connectivity index (χ1) is 34.5. The highest BCUT2D eigenvalue weighted by Gasteiger charge is 2.19. The van der Waals surface area contributed by atoms with Gasteiger partial charge in [0.2, 0.25) is 0 Å². The van der Waals surface area contributed by atoms with Crippen molar-refractivity contribution < 1.29 is 28.6 Å². The first-order valence-corrected chi connectivity index (χ1v) is 32.0. The van der Waals surface area contributed by atoms with Crippen molar-refractivity contribution >= 4 is 17.9 Å². The molecule has 70 heavy (non-hydrogen) atoms. The van der Waals surface area contributed by atoms with Gasteiger partial charge in [-0.3, -0.25) is 14.4 Å². The lowest BCUT2D eigenvalue weighted by atomic mass is 10.0. The number of hydrogen-bond acceptors (Lipinski definition) is 6. The normalized spacial score (nSPS) is 11.9. The Balaban J connectivity index is 4.27. The van der Waals surface area contributed by atoms with Gasteiger partial charge in [-0.2, -0.15) is 0 Å². The zero-order chi connectivity index (χ0) is 50.7. The van der Waals surface area contributed by atoms with Gasteiger partial charge in [0.15, 0.2) is 6.10 Å². The third-order valence-corrected chi connectivity index (χ3v) is 14.9. The minimum Gasteiger partial charge on any atom is -0.462 e. The molecule has 0 bridgehead atoms. The van der Waals surface area contributed by atoms with Crippen molar-refractivity contribution in [2.75, 3.05) is 13.2 Å². The molecular formula is C64H124O6. The van der Waals surface area contributed by atoms with E-state index in [0.29, 0.717) is 19.3 Å². The van der Waals surface area contributed by atoms with Crippen LogP contribution in [-0.4, -0.2) is 37.2 Å². The topological polar surface area (TPSA) is 78.9 Å². The second-order valence-electron chi connectivity index (χ2n) is 22.1. The number of ether oxygens (including phenoxy) is 3. The molecule has 0 aliphatic rings. The molecule has 0 unspecified atom stereocenters. The second kappa shape index (κ2) is 60.0. The van der Waals surface area contributed by atoms with Crippen LogP contribution in [0.2, 0.25) is 0 Å². The second-order valence-corrected chi connectivity index (χ2v) is 22.1. The van der Waals surface area contributed by atoms with Crippen LogP contribution in [0.25, 0.3) is 0 Å². The van der Waals surface area contributed by atoms with E-state index in [1.54, 1.807) is 0 Å². The maximum absolute atomic E-state index is 12.9. The summed E-state index contributed by atoms with van der Waals surface area (Å²) in [6.45, 7) is 6.73. The molecule has 0 rings (SSSR count). The zero-order valence-corrected chi connectivity index (χ0v) is 47.8. The molecule has 0 aliphatic heterocycles. The summed E-state index contributed by atoms with van der Waals surface area (Å²) >= 11 is 0. The predicted molar refractivity (Wildman–Crippen MR) is 303 cm³/mol. The standard InChI is InChI=1S/C64H124O6/c1-4-7-10-13-16-19-22-25-28-30-32-34-37-40-43-46-49-52-55-58-64(67)70-61(59-68-62(65)56-53-50-47-44-41-38-35-27-24-21-18-15-12-9-6-3)60-69-63(66)57-54-51-48-45-42-39-36-33-31-29-26-23-20-17-14-11-8-5-2/h61H,4-60H2,1-3H3/t61-/m0/s1. The van der Waals surface area contributed by atoms with Crippen molar-refractivity contribution in [3.63, 3.8) is 0 Å². The molecule has 6 heteroatoms. The number of carbonyl (C=O) groups excluding carboxylic acids is 3. The Morgan fingerprint density at radius 2 is 0.386 bits per heavy atom. The van der Waals surface area contributed by atoms with Gasteiger partial charge in [0.25, 0.3) is 0 Å². The van der Waals surface area contributed by atoms with Crippen molar-refractivity contribution in [1.82, 2.24) is 0 Å². The third-order valence-electron chi connectivity index (χ3n) is 14.9. The molecule has 416 valence electrons. The fraction of sp³-hybridized carbons (Fsp3) is 0.953. The van der Waals surface area contributed by atoms with Crippen LogP contribution in [0.3, 0.4) is 0 Å². The SMILES string of the molecule is CCCCCCCCCCCCCCCCCCCCCC(=O)O[C@@H](COC(=O)CCCCCCCCCCCCCCCCC)COC(=O)CCCCCCCCCCCCCCCCCCCC. The highest BCUT2D eigenvalue weighted by Crippen LogP contribution is 2.19. The minimum absolute atomic E-state index is 0.0605. The molecule has 0 N–H and O–H groups in total. The average molecular weight is 990 g/mol. The van der Waals surface area contributed by atoms with Crippen LogP contribution in [0.15, 0.2) is 0 Å². The van der Waals surface area contributed by atoms with E-state index < -0.39 is 6.10 Å². The van der Waals surface area contributed by atoms with E-state index >= 15 is 0 Å². The van der Waals surface area contributed by atoms with Gasteiger partial charge in [0.05, 0.1) is 0 Å². The molecule has 1 atom stereocenters. The molecule has 0 spiro atoms. The Morgan fingerprint density at radius 1 is 0.229 bits per heavy atom. The Morgan fingerprint density at radius 3 is 0.571 bits per heavy atom. The van der Waals surface area contributed by atoms with Crippen molar-refractivity contribution in [3.05, 3.63) is 0 Å². The van der Waals surface area contributed by atoms with Gasteiger partial charge in [-0.25, -0.2) is 0 Å². The van der Waals surface area contributed by atoms with Crippen LogP contribution >= 0.6 is 0 Å². The molecule has 0 aromatic heterocycles. The van der Waals surface area contributed by atoms with Crippen LogP contribution in [0, 0.1) is 0 Å². The lowest BCUT2D eigenvalue weighted by Gasteiger charge is -2.18. The van der Waals surface area contributed by atoms with Gasteiger partial charge in [-0.15, -0.1) is 0 Å². The van der Waals surface area contributed by atoms with Crippen LogP contribution < -0.4 is 0 Å². The summed E-state index contributed by atoms with van der Waals surface area (Å²) in [6.07, 6.45) is 68.2. The van der Waals surface area contributed by atoms with Gasteiger partial charge in [-0.05, 0) is 19.3 Å². The highest BCUT2D eigenvalue weighted by molar-refractivity contribution is 5.71. The molecule has 0 aromatic carbocycles. The number of hydrogen-bond donors (Lipinski definition) is 0. The lowest BCUT2D eigenvalue weighted by molar-refractivity contribution is -0.167. The van der Waals surface area contributed by atoms with Gasteiger partial charge >= 0.3 is 17.9 Å². The Bertz CT molecular complexity index is 1040. The van der Waals surface area contributed by atoms with Crippen LogP contribution in [0.5, 0.6) is 0 Å². The van der Waals surface area contributed by atoms with E-state index in [-0.39, 0.29) is 31.1 Å². The van der Waals surface area contributed by atoms with Crippen LogP contribution in [-0.2, 0) is 28.6 Å². The van der Waals surface area contributed by atoms with Gasteiger partial charge in [-0.1, -0.05) is 335 Å². The maximum atomic E-state index is 12.9. The summed E-state index contributed by atoms with van der Waals surface area (Å²) in [5, 5.41) is 0. The van der Waals surface area contributed by atoms with Gasteiger partial charge < -0.3 is 14.2 Å². The van der Waals surface area contributed by atoms with Crippen LogP contribution in [0.4, 0.5) is 0 Å². The summed E-state index contributed by atoms with van der Waals surface area (Å²) in [7, 11) is 0. The molecule has 0 radical (unpaired) electrons. The summed E-state index contributed by atoms with van der Waals surface area (Å²) in [4.78, 5) is 38.3. The number of unbranched alkanes of at least 4 members (excludes halogenated alkanes) is 49. The Labute approximate surface area is 438 Å².